The second-order valence-electron chi connectivity index (χ2n) is 3.19. The number of anilines is 1. The minimum atomic E-state index is -1.47. The predicted octanol–water partition coefficient (Wildman–Crippen LogP) is -0.864. The lowest BCUT2D eigenvalue weighted by Crippen LogP contribution is -2.35. The first-order valence-corrected chi connectivity index (χ1v) is 4.02. The monoisotopic (exact) mass is 180 g/mol. The highest BCUT2D eigenvalue weighted by Crippen LogP contribution is 2.05. The number of aryl methyl sites for hydroxylation is 1. The van der Waals surface area contributed by atoms with E-state index >= 15 is 0 Å². The fraction of sp³-hybridized carbons (Fsp3) is 0.375. The van der Waals surface area contributed by atoms with E-state index in [1.165, 1.54) is 0 Å². The number of hydrogen-bond acceptors (Lipinski definition) is 4. The number of rotatable bonds is 2. The molecule has 0 spiro atoms. The number of nitrogens with zero attached hydrogens (tertiary/aromatic N) is 2. The molecule has 0 aliphatic carbocycles. The Bertz CT molecular complexity index is 302. The van der Waals surface area contributed by atoms with Crippen molar-refractivity contribution in [2.45, 2.75) is 6.92 Å². The van der Waals surface area contributed by atoms with Crippen LogP contribution in [0.2, 0.25) is 0 Å². The first-order valence-electron chi connectivity index (χ1n) is 4.02. The lowest BCUT2D eigenvalue weighted by molar-refractivity contribution is 0.425. The van der Waals surface area contributed by atoms with Crippen molar-refractivity contribution in [1.29, 1.82) is 0 Å². The third-order valence-electron chi connectivity index (χ3n) is 1.73. The second-order valence-corrected chi connectivity index (χ2v) is 3.19. The maximum Gasteiger partial charge on any atom is 0.492 e. The van der Waals surface area contributed by atoms with E-state index in [2.05, 4.69) is 4.98 Å². The Morgan fingerprint density at radius 2 is 2.00 bits per heavy atom. The molecule has 1 heterocycles. The van der Waals surface area contributed by atoms with Gasteiger partial charge in [-0.3, -0.25) is 0 Å². The highest BCUT2D eigenvalue weighted by Gasteiger charge is 2.18. The molecule has 1 aromatic rings. The van der Waals surface area contributed by atoms with Crippen LogP contribution in [0.1, 0.15) is 5.56 Å². The van der Waals surface area contributed by atoms with Gasteiger partial charge in [-0.25, -0.2) is 4.98 Å². The largest absolute Gasteiger partial charge is 0.492 e. The van der Waals surface area contributed by atoms with Gasteiger partial charge >= 0.3 is 7.12 Å². The van der Waals surface area contributed by atoms with Crippen molar-refractivity contribution < 1.29 is 10.0 Å². The zero-order valence-electron chi connectivity index (χ0n) is 8.02. The van der Waals surface area contributed by atoms with Crippen LogP contribution in [0.4, 0.5) is 5.82 Å². The van der Waals surface area contributed by atoms with Gasteiger partial charge in [0, 0.05) is 25.8 Å². The van der Waals surface area contributed by atoms with Gasteiger partial charge in [0.25, 0.3) is 0 Å². The van der Waals surface area contributed by atoms with Crippen LogP contribution >= 0.6 is 0 Å². The summed E-state index contributed by atoms with van der Waals surface area (Å²) >= 11 is 0. The van der Waals surface area contributed by atoms with E-state index in [4.69, 9.17) is 10.0 Å². The molecule has 0 aliphatic heterocycles. The van der Waals surface area contributed by atoms with Crippen molar-refractivity contribution in [2.75, 3.05) is 19.0 Å². The summed E-state index contributed by atoms with van der Waals surface area (Å²) in [5.74, 6) is 0.584. The van der Waals surface area contributed by atoms with Crippen LogP contribution in [0.5, 0.6) is 0 Å². The summed E-state index contributed by atoms with van der Waals surface area (Å²) in [5.41, 5.74) is 1.35. The van der Waals surface area contributed by atoms with Crippen LogP contribution in [0.25, 0.3) is 0 Å². The van der Waals surface area contributed by atoms with Crippen molar-refractivity contribution in [3.05, 3.63) is 17.8 Å². The molecule has 0 saturated heterocycles. The molecular weight excluding hydrogens is 167 g/mol. The van der Waals surface area contributed by atoms with E-state index in [1.807, 2.05) is 21.0 Å². The van der Waals surface area contributed by atoms with Gasteiger partial charge in [-0.05, 0) is 12.5 Å². The van der Waals surface area contributed by atoms with E-state index in [9.17, 15) is 0 Å². The molecule has 13 heavy (non-hydrogen) atoms. The standard InChI is InChI=1S/C8H13BN2O2/c1-6-4-7(9(12)13)8(10-5-6)11(2)3/h4-5,12-13H,1-3H3. The van der Waals surface area contributed by atoms with Crippen LogP contribution in [0.3, 0.4) is 0 Å². The van der Waals surface area contributed by atoms with Crippen LogP contribution in [-0.4, -0.2) is 36.2 Å². The maximum atomic E-state index is 9.07. The van der Waals surface area contributed by atoms with Crippen LogP contribution in [0, 0.1) is 6.92 Å². The molecule has 0 atom stereocenters. The summed E-state index contributed by atoms with van der Waals surface area (Å²) in [5, 5.41) is 18.1. The third kappa shape index (κ3) is 2.20. The lowest BCUT2D eigenvalue weighted by atomic mass is 9.80. The number of hydrogen-bond donors (Lipinski definition) is 2. The van der Waals surface area contributed by atoms with E-state index in [-0.39, 0.29) is 0 Å². The summed E-state index contributed by atoms with van der Waals surface area (Å²) in [7, 11) is 2.15. The molecular formula is C8H13BN2O2. The first kappa shape index (κ1) is 10.0. The molecule has 0 bridgehead atoms. The minimum Gasteiger partial charge on any atom is -0.423 e. The molecule has 1 aromatic heterocycles. The Labute approximate surface area is 78.0 Å². The van der Waals surface area contributed by atoms with Gasteiger partial charge in [0.15, 0.2) is 0 Å². The van der Waals surface area contributed by atoms with Gasteiger partial charge in [0.2, 0.25) is 0 Å². The molecule has 2 N–H and O–H groups in total. The predicted molar refractivity (Wildman–Crippen MR) is 53.1 cm³/mol. The summed E-state index contributed by atoms with van der Waals surface area (Å²) in [6.45, 7) is 1.86. The van der Waals surface area contributed by atoms with Crippen molar-refractivity contribution in [2.24, 2.45) is 0 Å². The summed E-state index contributed by atoms with van der Waals surface area (Å²) < 4.78 is 0. The fourth-order valence-electron chi connectivity index (χ4n) is 1.15. The first-order chi connectivity index (χ1) is 6.02. The molecule has 4 nitrogen and oxygen atoms in total. The molecule has 5 heteroatoms. The van der Waals surface area contributed by atoms with E-state index in [0.717, 1.165) is 5.56 Å². The van der Waals surface area contributed by atoms with Crippen molar-refractivity contribution in [1.82, 2.24) is 4.98 Å². The van der Waals surface area contributed by atoms with E-state index < -0.39 is 7.12 Å². The van der Waals surface area contributed by atoms with Crippen LogP contribution in [0.15, 0.2) is 12.3 Å². The lowest BCUT2D eigenvalue weighted by Gasteiger charge is -2.15. The average Bonchev–Trinajstić information content (AvgIpc) is 2.03. The summed E-state index contributed by atoms with van der Waals surface area (Å²) in [6.07, 6.45) is 1.70. The Morgan fingerprint density at radius 3 is 2.46 bits per heavy atom. The maximum absolute atomic E-state index is 9.07. The smallest absolute Gasteiger partial charge is 0.423 e. The zero-order valence-corrected chi connectivity index (χ0v) is 8.02. The Hall–Kier alpha value is -1.07. The minimum absolute atomic E-state index is 0.435. The van der Waals surface area contributed by atoms with Gasteiger partial charge in [-0.15, -0.1) is 0 Å². The van der Waals surface area contributed by atoms with Crippen LogP contribution in [-0.2, 0) is 0 Å². The molecule has 0 radical (unpaired) electrons. The number of aromatic nitrogens is 1. The number of pyridine rings is 1. The van der Waals surface area contributed by atoms with Gasteiger partial charge in [-0.2, -0.15) is 0 Å². The molecule has 0 saturated carbocycles. The average molecular weight is 180 g/mol. The van der Waals surface area contributed by atoms with E-state index in [0.29, 0.717) is 11.3 Å². The molecule has 0 aliphatic rings. The third-order valence-corrected chi connectivity index (χ3v) is 1.73. The van der Waals surface area contributed by atoms with Gasteiger partial charge < -0.3 is 14.9 Å². The fourth-order valence-corrected chi connectivity index (χ4v) is 1.15. The molecule has 0 unspecified atom stereocenters. The van der Waals surface area contributed by atoms with Gasteiger partial charge in [-0.1, -0.05) is 6.07 Å². The molecule has 0 amide bonds. The Kier molecular flexibility index (Phi) is 2.90. The molecule has 70 valence electrons. The topological polar surface area (TPSA) is 56.6 Å². The Balaban J connectivity index is 3.19. The highest BCUT2D eigenvalue weighted by atomic mass is 16.4. The van der Waals surface area contributed by atoms with Crippen molar-refractivity contribution in [3.63, 3.8) is 0 Å². The summed E-state index contributed by atoms with van der Waals surface area (Å²) in [6, 6.07) is 1.72. The molecule has 0 aromatic carbocycles. The molecule has 0 fully saturated rings. The quantitative estimate of drug-likeness (QED) is 0.581. The van der Waals surface area contributed by atoms with Crippen molar-refractivity contribution in [3.8, 4) is 0 Å². The Morgan fingerprint density at radius 1 is 1.38 bits per heavy atom. The second kappa shape index (κ2) is 3.76. The van der Waals surface area contributed by atoms with Crippen LogP contribution < -0.4 is 10.4 Å². The van der Waals surface area contributed by atoms with Gasteiger partial charge in [0.1, 0.15) is 5.82 Å². The SMILES string of the molecule is Cc1cnc(N(C)C)c(B(O)O)c1. The van der Waals surface area contributed by atoms with Gasteiger partial charge in [0.05, 0.1) is 0 Å². The molecule has 1 rings (SSSR count). The zero-order chi connectivity index (χ0) is 10.0. The summed E-state index contributed by atoms with van der Waals surface area (Å²) in [4.78, 5) is 5.85. The normalized spacial score (nSPS) is 9.92. The van der Waals surface area contributed by atoms with Crippen molar-refractivity contribution >= 4 is 18.4 Å². The van der Waals surface area contributed by atoms with E-state index in [1.54, 1.807) is 17.2 Å². The highest BCUT2D eigenvalue weighted by molar-refractivity contribution is 6.60.